The van der Waals surface area contributed by atoms with Crippen molar-refractivity contribution in [3.63, 3.8) is 0 Å². The molecule has 0 aromatic carbocycles. The van der Waals surface area contributed by atoms with Gasteiger partial charge in [-0.2, -0.15) is 21.6 Å². The van der Waals surface area contributed by atoms with E-state index in [0.29, 0.717) is 13.0 Å². The first kappa shape index (κ1) is 20.8. The summed E-state index contributed by atoms with van der Waals surface area (Å²) in [5.74, 6) is -1.38. The van der Waals surface area contributed by atoms with Gasteiger partial charge in [0.1, 0.15) is 0 Å². The molecule has 25 heavy (non-hydrogen) atoms. The number of hydrogen-bond donors (Lipinski definition) is 1. The smallest absolute Gasteiger partial charge is 0.292 e. The van der Waals surface area contributed by atoms with Crippen LogP contribution in [0.2, 0.25) is 0 Å². The minimum Gasteiger partial charge on any atom is -0.292 e. The number of aromatic nitrogens is 1. The van der Waals surface area contributed by atoms with Gasteiger partial charge in [0.05, 0.1) is 5.57 Å². The molecule has 1 aromatic heterocycles. The zero-order valence-electron chi connectivity index (χ0n) is 13.5. The van der Waals surface area contributed by atoms with Crippen LogP contribution in [0.5, 0.6) is 0 Å². The van der Waals surface area contributed by atoms with Crippen molar-refractivity contribution >= 4 is 22.1 Å². The predicted molar refractivity (Wildman–Crippen MR) is 87.4 cm³/mol. The van der Waals surface area contributed by atoms with Gasteiger partial charge in [0.25, 0.3) is 5.91 Å². The summed E-state index contributed by atoms with van der Waals surface area (Å²) in [6, 6.07) is 3.78. The van der Waals surface area contributed by atoms with Crippen molar-refractivity contribution in [3.8, 4) is 0 Å². The number of nitrogens with zero attached hydrogens (tertiary/aromatic N) is 2. The maximum atomic E-state index is 12.2. The number of nitrogens with one attached hydrogen (secondary N) is 1. The minimum atomic E-state index is -5.73. The highest BCUT2D eigenvalue weighted by Gasteiger charge is 2.47. The van der Waals surface area contributed by atoms with Crippen molar-refractivity contribution in [3.05, 3.63) is 41.7 Å². The SMILES string of the molecule is CC=C(C=NCCCCc1cccnc1)C(=O)NS(=O)(=O)C(F)(F)F. The highest BCUT2D eigenvalue weighted by atomic mass is 32.2. The number of aryl methyl sites for hydroxylation is 1. The molecule has 10 heteroatoms. The van der Waals surface area contributed by atoms with E-state index >= 15 is 0 Å². The van der Waals surface area contributed by atoms with Crippen molar-refractivity contribution in [2.45, 2.75) is 31.7 Å². The number of halogens is 3. The van der Waals surface area contributed by atoms with Gasteiger partial charge in [-0.1, -0.05) is 12.1 Å². The van der Waals surface area contributed by atoms with Gasteiger partial charge < -0.3 is 0 Å². The molecule has 138 valence electrons. The highest BCUT2D eigenvalue weighted by Crippen LogP contribution is 2.21. The third-order valence-corrected chi connectivity index (χ3v) is 4.12. The fourth-order valence-electron chi connectivity index (χ4n) is 1.74. The lowest BCUT2D eigenvalue weighted by Gasteiger charge is -2.09. The van der Waals surface area contributed by atoms with Crippen molar-refractivity contribution in [2.75, 3.05) is 6.54 Å². The summed E-state index contributed by atoms with van der Waals surface area (Å²) in [4.78, 5) is 19.5. The van der Waals surface area contributed by atoms with Gasteiger partial charge in [-0.15, -0.1) is 0 Å². The average Bonchev–Trinajstić information content (AvgIpc) is 2.53. The number of rotatable bonds is 8. The molecule has 1 aromatic rings. The van der Waals surface area contributed by atoms with Crippen LogP contribution in [0, 0.1) is 0 Å². The highest BCUT2D eigenvalue weighted by molar-refractivity contribution is 7.90. The number of allylic oxidation sites excluding steroid dienone is 1. The Morgan fingerprint density at radius 2 is 2.08 bits per heavy atom. The number of carbonyl (C=O) groups excluding carboxylic acids is 1. The van der Waals surface area contributed by atoms with Gasteiger partial charge in [0.2, 0.25) is 0 Å². The van der Waals surface area contributed by atoms with Crippen LogP contribution >= 0.6 is 0 Å². The Morgan fingerprint density at radius 1 is 1.36 bits per heavy atom. The van der Waals surface area contributed by atoms with Crippen LogP contribution in [0.25, 0.3) is 0 Å². The molecule has 6 nitrogen and oxygen atoms in total. The third-order valence-electron chi connectivity index (χ3n) is 3.06. The predicted octanol–water partition coefficient (Wildman–Crippen LogP) is 2.39. The number of sulfonamides is 1. The first-order valence-electron chi connectivity index (χ1n) is 7.36. The number of amides is 1. The van der Waals surface area contributed by atoms with Gasteiger partial charge in [0, 0.05) is 25.2 Å². The second-order valence-electron chi connectivity index (χ2n) is 4.98. The minimum absolute atomic E-state index is 0.264. The number of unbranched alkanes of at least 4 members (excludes halogenated alkanes) is 1. The molecule has 0 aliphatic heterocycles. The summed E-state index contributed by atoms with van der Waals surface area (Å²) in [5.41, 5.74) is -4.73. The van der Waals surface area contributed by atoms with Crippen LogP contribution in [0.15, 0.2) is 41.2 Å². The fourth-order valence-corrected chi connectivity index (χ4v) is 2.22. The Balaban J connectivity index is 2.45. The molecule has 0 saturated carbocycles. The van der Waals surface area contributed by atoms with Gasteiger partial charge in [-0.05, 0) is 37.8 Å². The molecule has 0 fully saturated rings. The van der Waals surface area contributed by atoms with Gasteiger partial charge in [-0.3, -0.25) is 14.8 Å². The molecule has 1 amide bonds. The Hall–Kier alpha value is -2.23. The number of aliphatic imine (C=N–C) groups is 1. The maximum absolute atomic E-state index is 12.2. The normalized spacial score (nSPS) is 13.2. The second kappa shape index (κ2) is 9.30. The monoisotopic (exact) mass is 377 g/mol. The van der Waals surface area contributed by atoms with Crippen LogP contribution in [0.4, 0.5) is 13.2 Å². The summed E-state index contributed by atoms with van der Waals surface area (Å²) in [6.07, 6.45) is 8.01. The standard InChI is InChI=1S/C15H18F3N3O3S/c1-2-13(14(22)21-25(23,24)15(16,17)18)11-20-8-4-3-6-12-7-5-9-19-10-12/h2,5,7,9-11H,3-4,6,8H2,1H3,(H,21,22). The largest absolute Gasteiger partial charge is 0.516 e. The molecule has 0 aliphatic carbocycles. The number of alkyl halides is 3. The Labute approximate surface area is 143 Å². The van der Waals surface area contributed by atoms with Gasteiger partial charge in [0.15, 0.2) is 0 Å². The van der Waals surface area contributed by atoms with E-state index < -0.39 is 21.4 Å². The quantitative estimate of drug-likeness (QED) is 0.428. The van der Waals surface area contributed by atoms with E-state index in [2.05, 4.69) is 9.98 Å². The lowest BCUT2D eigenvalue weighted by molar-refractivity contribution is -0.116. The van der Waals surface area contributed by atoms with Crippen LogP contribution in [0.1, 0.15) is 25.3 Å². The van der Waals surface area contributed by atoms with E-state index in [4.69, 9.17) is 0 Å². The third kappa shape index (κ3) is 7.04. The van der Waals surface area contributed by atoms with Gasteiger partial charge in [-0.25, -0.2) is 4.72 Å². The topological polar surface area (TPSA) is 88.5 Å². The van der Waals surface area contributed by atoms with E-state index in [1.807, 2.05) is 12.1 Å². The molecule has 0 bridgehead atoms. The summed E-state index contributed by atoms with van der Waals surface area (Å²) >= 11 is 0. The van der Waals surface area contributed by atoms with Crippen molar-refractivity contribution in [1.82, 2.24) is 9.71 Å². The van der Waals surface area contributed by atoms with Crippen LogP contribution < -0.4 is 4.72 Å². The molecule has 0 aliphatic rings. The Kier molecular flexibility index (Phi) is 7.75. The Bertz CT molecular complexity index is 729. The first-order valence-corrected chi connectivity index (χ1v) is 8.84. The first-order chi connectivity index (χ1) is 11.7. The number of carbonyl (C=O) groups is 1. The molecule has 0 radical (unpaired) electrons. The van der Waals surface area contributed by atoms with Crippen LogP contribution in [-0.4, -0.2) is 37.6 Å². The maximum Gasteiger partial charge on any atom is 0.516 e. The van der Waals surface area contributed by atoms with E-state index in [0.717, 1.165) is 29.3 Å². The molecule has 0 unspecified atom stereocenters. The molecule has 0 saturated heterocycles. The lowest BCUT2D eigenvalue weighted by atomic mass is 10.1. The van der Waals surface area contributed by atoms with Crippen molar-refractivity contribution in [1.29, 1.82) is 0 Å². The number of pyridine rings is 1. The summed E-state index contributed by atoms with van der Waals surface area (Å²) < 4.78 is 59.5. The van der Waals surface area contributed by atoms with Crippen molar-refractivity contribution in [2.24, 2.45) is 4.99 Å². The van der Waals surface area contributed by atoms with E-state index in [9.17, 15) is 26.4 Å². The van der Waals surface area contributed by atoms with Crippen LogP contribution in [-0.2, 0) is 21.2 Å². The molecular formula is C15H18F3N3O3S. The van der Waals surface area contributed by atoms with E-state index in [-0.39, 0.29) is 5.57 Å². The van der Waals surface area contributed by atoms with Gasteiger partial charge >= 0.3 is 15.5 Å². The van der Waals surface area contributed by atoms with E-state index in [1.165, 1.54) is 13.0 Å². The summed E-state index contributed by atoms with van der Waals surface area (Å²) in [6.45, 7) is 1.75. The number of hydrogen-bond acceptors (Lipinski definition) is 5. The second-order valence-corrected chi connectivity index (χ2v) is 6.65. The lowest BCUT2D eigenvalue weighted by Crippen LogP contribution is -2.41. The Morgan fingerprint density at radius 3 is 2.64 bits per heavy atom. The molecule has 1 N–H and O–H groups in total. The zero-order chi connectivity index (χ0) is 18.9. The van der Waals surface area contributed by atoms with Crippen molar-refractivity contribution < 1.29 is 26.4 Å². The average molecular weight is 377 g/mol. The summed E-state index contributed by atoms with van der Waals surface area (Å²) in [5, 5.41) is 0. The molecule has 1 rings (SSSR count). The van der Waals surface area contributed by atoms with E-state index in [1.54, 1.807) is 12.4 Å². The molecule has 0 spiro atoms. The fraction of sp³-hybridized carbons (Fsp3) is 0.400. The van der Waals surface area contributed by atoms with Crippen LogP contribution in [0.3, 0.4) is 0 Å². The molecular weight excluding hydrogens is 359 g/mol. The zero-order valence-corrected chi connectivity index (χ0v) is 14.3. The molecule has 1 heterocycles. The summed E-state index contributed by atoms with van der Waals surface area (Å²) in [7, 11) is -5.73. The molecule has 0 atom stereocenters.